The fraction of sp³-hybridized carbons (Fsp3) is 0.323. The molecule has 1 aliphatic carbocycles. The van der Waals surface area contributed by atoms with Crippen LogP contribution in [-0.4, -0.2) is 39.8 Å². The van der Waals surface area contributed by atoms with Crippen molar-refractivity contribution in [2.24, 2.45) is 0 Å². The summed E-state index contributed by atoms with van der Waals surface area (Å²) >= 11 is 0. The fourth-order valence-corrected chi connectivity index (χ4v) is 5.57. The van der Waals surface area contributed by atoms with Crippen molar-refractivity contribution in [2.75, 3.05) is 18.0 Å². The first-order valence-corrected chi connectivity index (χ1v) is 13.2. The summed E-state index contributed by atoms with van der Waals surface area (Å²) in [7, 11) is 0. The minimum atomic E-state index is -0.685. The van der Waals surface area contributed by atoms with Crippen LogP contribution < -0.4 is 4.90 Å². The lowest BCUT2D eigenvalue weighted by molar-refractivity contribution is -0.140. The summed E-state index contributed by atoms with van der Waals surface area (Å²) in [6.07, 6.45) is 7.63. The van der Waals surface area contributed by atoms with Gasteiger partial charge >= 0.3 is 0 Å². The number of rotatable bonds is 7. The SMILES string of the molecule is CCN(CC)c1ccc(C2/C(=C(/O)c3ccc4c(c3)CCCC4)C(=O)C(=O)N2Cc2ccncc2)cc1. The van der Waals surface area contributed by atoms with Crippen LogP contribution >= 0.6 is 0 Å². The van der Waals surface area contributed by atoms with E-state index in [0.29, 0.717) is 5.56 Å². The van der Waals surface area contributed by atoms with Crippen molar-refractivity contribution in [3.8, 4) is 0 Å². The van der Waals surface area contributed by atoms with Crippen LogP contribution in [0.15, 0.2) is 72.6 Å². The number of nitrogens with zero attached hydrogens (tertiary/aromatic N) is 3. The number of amides is 1. The number of aliphatic hydroxyl groups is 1. The number of benzene rings is 2. The zero-order valence-electron chi connectivity index (χ0n) is 21.5. The Balaban J connectivity index is 1.61. The fourth-order valence-electron chi connectivity index (χ4n) is 5.57. The Morgan fingerprint density at radius 2 is 1.62 bits per heavy atom. The maximum absolute atomic E-state index is 13.4. The van der Waals surface area contributed by atoms with Gasteiger partial charge in [0.15, 0.2) is 0 Å². The van der Waals surface area contributed by atoms with Gasteiger partial charge in [-0.15, -0.1) is 0 Å². The molecule has 5 rings (SSSR count). The Morgan fingerprint density at radius 3 is 2.30 bits per heavy atom. The van der Waals surface area contributed by atoms with E-state index in [1.807, 2.05) is 54.6 Å². The number of carbonyl (C=O) groups is 2. The topological polar surface area (TPSA) is 73.7 Å². The van der Waals surface area contributed by atoms with Gasteiger partial charge in [0.1, 0.15) is 5.76 Å². The average Bonchev–Trinajstić information content (AvgIpc) is 3.19. The summed E-state index contributed by atoms with van der Waals surface area (Å²) in [5, 5.41) is 11.5. The van der Waals surface area contributed by atoms with E-state index in [1.165, 1.54) is 17.5 Å². The first kappa shape index (κ1) is 24.8. The van der Waals surface area contributed by atoms with Crippen LogP contribution in [0.4, 0.5) is 5.69 Å². The normalized spacial score (nSPS) is 18.6. The van der Waals surface area contributed by atoms with Crippen LogP contribution in [-0.2, 0) is 29.0 Å². The zero-order chi connectivity index (χ0) is 25.9. The molecule has 2 aliphatic rings. The number of aryl methyl sites for hydroxylation is 2. The number of aliphatic hydroxyl groups excluding tert-OH is 1. The third-order valence-corrected chi connectivity index (χ3v) is 7.60. The van der Waals surface area contributed by atoms with E-state index in [1.54, 1.807) is 17.3 Å². The molecule has 1 N–H and O–H groups in total. The monoisotopic (exact) mass is 495 g/mol. The maximum Gasteiger partial charge on any atom is 0.295 e. The van der Waals surface area contributed by atoms with Gasteiger partial charge in [0.2, 0.25) is 0 Å². The average molecular weight is 496 g/mol. The van der Waals surface area contributed by atoms with Crippen LogP contribution in [0.3, 0.4) is 0 Å². The van der Waals surface area contributed by atoms with E-state index in [4.69, 9.17) is 0 Å². The predicted octanol–water partition coefficient (Wildman–Crippen LogP) is 5.43. The van der Waals surface area contributed by atoms with Gasteiger partial charge < -0.3 is 14.9 Å². The highest BCUT2D eigenvalue weighted by molar-refractivity contribution is 6.46. The van der Waals surface area contributed by atoms with E-state index in [0.717, 1.165) is 49.2 Å². The van der Waals surface area contributed by atoms with Crippen molar-refractivity contribution in [3.63, 3.8) is 0 Å². The highest BCUT2D eigenvalue weighted by atomic mass is 16.3. The van der Waals surface area contributed by atoms with Gasteiger partial charge in [-0.3, -0.25) is 14.6 Å². The summed E-state index contributed by atoms with van der Waals surface area (Å²) in [6, 6.07) is 16.9. The van der Waals surface area contributed by atoms with E-state index in [-0.39, 0.29) is 17.9 Å². The molecule has 6 nitrogen and oxygen atoms in total. The van der Waals surface area contributed by atoms with Gasteiger partial charge in [-0.05, 0) is 92.1 Å². The number of pyridine rings is 1. The molecule has 1 fully saturated rings. The van der Waals surface area contributed by atoms with Crippen molar-refractivity contribution in [3.05, 3.63) is 100 Å². The third kappa shape index (κ3) is 4.76. The second-order valence-electron chi connectivity index (χ2n) is 9.74. The molecule has 0 spiro atoms. The van der Waals surface area contributed by atoms with Gasteiger partial charge in [0.25, 0.3) is 11.7 Å². The molecule has 1 aliphatic heterocycles. The lowest BCUT2D eigenvalue weighted by atomic mass is 9.88. The molecular weight excluding hydrogens is 462 g/mol. The summed E-state index contributed by atoms with van der Waals surface area (Å²) in [5.74, 6) is -1.36. The standard InChI is InChI=1S/C31H33N3O3/c1-3-33(4-2)26-13-11-23(12-14-26)28-27(29(35)25-10-9-22-7-5-6-8-24(22)19-25)30(36)31(37)34(28)20-21-15-17-32-18-16-21/h9-19,28,35H,3-8,20H2,1-2H3/b29-27-. The second kappa shape index (κ2) is 10.6. The largest absolute Gasteiger partial charge is 0.507 e. The quantitative estimate of drug-likeness (QED) is 0.269. The number of likely N-dealkylation sites (tertiary alicyclic amines) is 1. The first-order chi connectivity index (χ1) is 18.0. The van der Waals surface area contributed by atoms with Crippen LogP contribution in [0.25, 0.3) is 5.76 Å². The molecule has 1 aromatic heterocycles. The summed E-state index contributed by atoms with van der Waals surface area (Å²) in [5.41, 5.74) is 5.98. The predicted molar refractivity (Wildman–Crippen MR) is 145 cm³/mol. The zero-order valence-corrected chi connectivity index (χ0v) is 21.5. The van der Waals surface area contributed by atoms with Crippen LogP contribution in [0.1, 0.15) is 60.5 Å². The van der Waals surface area contributed by atoms with Crippen LogP contribution in [0, 0.1) is 0 Å². The Hall–Kier alpha value is -3.93. The molecular formula is C31H33N3O3. The number of Topliss-reactive ketones (excluding diaryl/α,β-unsaturated/α-hetero) is 1. The Bertz CT molecular complexity index is 1330. The summed E-state index contributed by atoms with van der Waals surface area (Å²) in [6.45, 7) is 6.24. The molecule has 2 aromatic carbocycles. The minimum Gasteiger partial charge on any atom is -0.507 e. The molecule has 0 radical (unpaired) electrons. The van der Waals surface area contributed by atoms with Gasteiger partial charge in [0.05, 0.1) is 11.6 Å². The molecule has 1 atom stereocenters. The van der Waals surface area contributed by atoms with Crippen LogP contribution in [0.2, 0.25) is 0 Å². The lowest BCUT2D eigenvalue weighted by Crippen LogP contribution is -2.29. The highest BCUT2D eigenvalue weighted by Gasteiger charge is 2.46. The van der Waals surface area contributed by atoms with Crippen molar-refractivity contribution < 1.29 is 14.7 Å². The molecule has 1 amide bonds. The number of aromatic nitrogens is 1. The number of anilines is 1. The van der Waals surface area contributed by atoms with E-state index in [9.17, 15) is 14.7 Å². The van der Waals surface area contributed by atoms with E-state index in [2.05, 4.69) is 23.7 Å². The van der Waals surface area contributed by atoms with Gasteiger partial charge in [-0.2, -0.15) is 0 Å². The molecule has 1 saturated heterocycles. The molecule has 37 heavy (non-hydrogen) atoms. The number of hydrogen-bond acceptors (Lipinski definition) is 5. The third-order valence-electron chi connectivity index (χ3n) is 7.60. The number of fused-ring (bicyclic) bond motifs is 1. The van der Waals surface area contributed by atoms with E-state index < -0.39 is 17.7 Å². The lowest BCUT2D eigenvalue weighted by Gasteiger charge is -2.27. The van der Waals surface area contributed by atoms with Crippen molar-refractivity contribution in [1.82, 2.24) is 9.88 Å². The molecule has 1 unspecified atom stereocenters. The number of carbonyl (C=O) groups excluding carboxylic acids is 2. The first-order valence-electron chi connectivity index (χ1n) is 13.2. The Labute approximate surface area is 218 Å². The highest BCUT2D eigenvalue weighted by Crippen LogP contribution is 2.41. The molecule has 2 heterocycles. The second-order valence-corrected chi connectivity index (χ2v) is 9.74. The van der Waals surface area contributed by atoms with Gasteiger partial charge in [0, 0.05) is 43.3 Å². The maximum atomic E-state index is 13.4. The number of ketones is 1. The molecule has 190 valence electrons. The Morgan fingerprint density at radius 1 is 0.946 bits per heavy atom. The summed E-state index contributed by atoms with van der Waals surface area (Å²) in [4.78, 5) is 34.7. The molecule has 0 saturated carbocycles. The molecule has 6 heteroatoms. The minimum absolute atomic E-state index is 0.109. The molecule has 3 aromatic rings. The Kier molecular flexibility index (Phi) is 7.08. The molecule has 0 bridgehead atoms. The van der Waals surface area contributed by atoms with Gasteiger partial charge in [-0.1, -0.05) is 24.3 Å². The van der Waals surface area contributed by atoms with Gasteiger partial charge in [-0.25, -0.2) is 0 Å². The van der Waals surface area contributed by atoms with Crippen molar-refractivity contribution in [2.45, 2.75) is 52.1 Å². The van der Waals surface area contributed by atoms with Crippen LogP contribution in [0.5, 0.6) is 0 Å². The van der Waals surface area contributed by atoms with E-state index >= 15 is 0 Å². The van der Waals surface area contributed by atoms with Crippen molar-refractivity contribution in [1.29, 1.82) is 0 Å². The summed E-state index contributed by atoms with van der Waals surface area (Å²) < 4.78 is 0. The van der Waals surface area contributed by atoms with Crippen molar-refractivity contribution >= 4 is 23.1 Å². The number of hydrogen-bond donors (Lipinski definition) is 1. The smallest absolute Gasteiger partial charge is 0.295 e.